The van der Waals surface area contributed by atoms with Crippen molar-refractivity contribution in [2.24, 2.45) is 0 Å². The number of thioether (sulfide) groups is 1. The number of carbonyl (C=O) groups excluding carboxylic acids is 2. The summed E-state index contributed by atoms with van der Waals surface area (Å²) in [6, 6.07) is 6.53. The number of hydrogen-bond acceptors (Lipinski definition) is 7. The van der Waals surface area contributed by atoms with Crippen LogP contribution >= 0.6 is 35.3 Å². The van der Waals surface area contributed by atoms with Crippen LogP contribution in [0.25, 0.3) is 6.08 Å². The lowest BCUT2D eigenvalue weighted by Gasteiger charge is -2.22. The van der Waals surface area contributed by atoms with Crippen LogP contribution in [0, 0.1) is 0 Å². The van der Waals surface area contributed by atoms with E-state index < -0.39 is 23.7 Å². The molecule has 28 heavy (non-hydrogen) atoms. The number of rotatable bonds is 5. The zero-order valence-electron chi connectivity index (χ0n) is 14.4. The molecule has 0 spiro atoms. The van der Waals surface area contributed by atoms with Crippen LogP contribution in [-0.2, 0) is 9.59 Å². The van der Waals surface area contributed by atoms with Gasteiger partial charge in [0.05, 0.1) is 4.91 Å². The van der Waals surface area contributed by atoms with E-state index in [4.69, 9.17) is 17.3 Å². The third kappa shape index (κ3) is 4.08. The molecule has 1 aromatic heterocycles. The van der Waals surface area contributed by atoms with Gasteiger partial charge in [0, 0.05) is 16.6 Å². The molecule has 1 atom stereocenters. The summed E-state index contributed by atoms with van der Waals surface area (Å²) in [7, 11) is 0. The summed E-state index contributed by atoms with van der Waals surface area (Å²) >= 11 is 7.88. The van der Waals surface area contributed by atoms with Crippen molar-refractivity contribution >= 4 is 69.2 Å². The summed E-state index contributed by atoms with van der Waals surface area (Å²) in [5.41, 5.74) is -0.0689. The molecule has 144 valence electrons. The quantitative estimate of drug-likeness (QED) is 0.489. The molecule has 1 aliphatic rings. The van der Waals surface area contributed by atoms with Crippen LogP contribution in [0.15, 0.2) is 40.6 Å². The Morgan fingerprint density at radius 2 is 2.07 bits per heavy atom. The van der Waals surface area contributed by atoms with Crippen molar-refractivity contribution in [3.8, 4) is 5.75 Å². The summed E-state index contributed by atoms with van der Waals surface area (Å²) in [5, 5.41) is 23.1. The second kappa shape index (κ2) is 8.13. The third-order valence-corrected chi connectivity index (χ3v) is 6.05. The van der Waals surface area contributed by atoms with Crippen LogP contribution < -0.4 is 5.32 Å². The Hall–Kier alpha value is -2.69. The first-order chi connectivity index (χ1) is 13.3. The molecule has 0 bridgehead atoms. The zero-order chi connectivity index (χ0) is 20.4. The predicted octanol–water partition coefficient (Wildman–Crippen LogP) is 3.38. The number of amides is 2. The number of carbonyl (C=O) groups is 3. The van der Waals surface area contributed by atoms with E-state index in [2.05, 4.69) is 5.32 Å². The minimum atomic E-state index is -1.28. The lowest BCUT2D eigenvalue weighted by molar-refractivity contribution is -0.129. The molecule has 2 amide bonds. The molecule has 2 aromatic rings. The molecule has 3 N–H and O–H groups in total. The van der Waals surface area contributed by atoms with Crippen molar-refractivity contribution < 1.29 is 24.6 Å². The van der Waals surface area contributed by atoms with Crippen LogP contribution in [0.3, 0.4) is 0 Å². The molecule has 1 aromatic carbocycles. The zero-order valence-corrected chi connectivity index (χ0v) is 16.9. The van der Waals surface area contributed by atoms with E-state index in [-0.39, 0.29) is 21.5 Å². The SMILES string of the molecule is C[C@H](C(=O)Nc1ccc(C(=O)O)c(O)c1)N1C(=O)/C(=C\c2cccs2)SC1=S. The summed E-state index contributed by atoms with van der Waals surface area (Å²) in [5.74, 6) is -2.62. The van der Waals surface area contributed by atoms with E-state index in [0.717, 1.165) is 22.7 Å². The second-order valence-corrected chi connectivity index (χ2v) is 8.42. The topological polar surface area (TPSA) is 107 Å². The number of carboxylic acids is 1. The Balaban J connectivity index is 1.74. The number of nitrogens with one attached hydrogen (secondary N) is 1. The molecule has 1 saturated heterocycles. The normalized spacial score (nSPS) is 16.5. The van der Waals surface area contributed by atoms with Crippen molar-refractivity contribution in [2.75, 3.05) is 5.32 Å². The molecule has 3 rings (SSSR count). The minimum Gasteiger partial charge on any atom is -0.507 e. The van der Waals surface area contributed by atoms with Crippen LogP contribution in [0.2, 0.25) is 0 Å². The average molecular weight is 435 g/mol. The summed E-state index contributed by atoms with van der Waals surface area (Å²) in [4.78, 5) is 38.8. The Morgan fingerprint density at radius 1 is 1.32 bits per heavy atom. The second-order valence-electron chi connectivity index (χ2n) is 5.77. The largest absolute Gasteiger partial charge is 0.507 e. The van der Waals surface area contributed by atoms with Crippen molar-refractivity contribution in [2.45, 2.75) is 13.0 Å². The Kier molecular flexibility index (Phi) is 5.82. The van der Waals surface area contributed by atoms with E-state index in [9.17, 15) is 19.5 Å². The number of thiophene rings is 1. The molecule has 2 heterocycles. The van der Waals surface area contributed by atoms with Gasteiger partial charge >= 0.3 is 5.97 Å². The number of benzene rings is 1. The molecule has 0 saturated carbocycles. The number of phenols is 1. The van der Waals surface area contributed by atoms with Crippen molar-refractivity contribution in [3.63, 3.8) is 0 Å². The predicted molar refractivity (Wildman–Crippen MR) is 112 cm³/mol. The summed E-state index contributed by atoms with van der Waals surface area (Å²) in [6.07, 6.45) is 1.73. The maximum absolute atomic E-state index is 12.7. The summed E-state index contributed by atoms with van der Waals surface area (Å²) in [6.45, 7) is 1.54. The monoisotopic (exact) mass is 434 g/mol. The van der Waals surface area contributed by atoms with Gasteiger partial charge in [-0.15, -0.1) is 11.3 Å². The van der Waals surface area contributed by atoms with Gasteiger partial charge in [-0.1, -0.05) is 30.0 Å². The minimum absolute atomic E-state index is 0.207. The Labute approximate surface area is 173 Å². The van der Waals surface area contributed by atoms with Gasteiger partial charge < -0.3 is 15.5 Å². The summed E-state index contributed by atoms with van der Waals surface area (Å²) < 4.78 is 0.277. The van der Waals surface area contributed by atoms with E-state index in [1.165, 1.54) is 28.4 Å². The maximum Gasteiger partial charge on any atom is 0.339 e. The molecule has 1 fully saturated rings. The Bertz CT molecular complexity index is 1000. The number of hydrogen-bond donors (Lipinski definition) is 3. The first kappa shape index (κ1) is 20.1. The molecule has 0 aliphatic carbocycles. The van der Waals surface area contributed by atoms with Crippen LogP contribution in [0.5, 0.6) is 5.75 Å². The molecule has 0 radical (unpaired) electrons. The highest BCUT2D eigenvalue weighted by Crippen LogP contribution is 2.34. The first-order valence-electron chi connectivity index (χ1n) is 7.95. The van der Waals surface area contributed by atoms with Crippen molar-refractivity contribution in [1.29, 1.82) is 0 Å². The van der Waals surface area contributed by atoms with Crippen molar-refractivity contribution in [3.05, 3.63) is 51.1 Å². The Morgan fingerprint density at radius 3 is 2.68 bits per heavy atom. The molecule has 10 heteroatoms. The van der Waals surface area contributed by atoms with Crippen LogP contribution in [0.4, 0.5) is 5.69 Å². The average Bonchev–Trinajstić information content (AvgIpc) is 3.22. The number of thiocarbonyl (C=S) groups is 1. The van der Waals surface area contributed by atoms with Crippen molar-refractivity contribution in [1.82, 2.24) is 4.90 Å². The number of aromatic hydroxyl groups is 1. The maximum atomic E-state index is 12.7. The van der Waals surface area contributed by atoms with Crippen LogP contribution in [-0.4, -0.2) is 43.3 Å². The lowest BCUT2D eigenvalue weighted by Crippen LogP contribution is -2.44. The van der Waals surface area contributed by atoms with E-state index in [1.807, 2.05) is 17.5 Å². The van der Waals surface area contributed by atoms with Gasteiger partial charge in [-0.2, -0.15) is 0 Å². The van der Waals surface area contributed by atoms with Gasteiger partial charge in [0.2, 0.25) is 5.91 Å². The highest BCUT2D eigenvalue weighted by Gasteiger charge is 2.38. The first-order valence-corrected chi connectivity index (χ1v) is 10.1. The third-order valence-electron chi connectivity index (χ3n) is 3.90. The molecule has 1 aliphatic heterocycles. The fourth-order valence-corrected chi connectivity index (χ4v) is 4.61. The van der Waals surface area contributed by atoms with Gasteiger partial charge in [0.15, 0.2) is 0 Å². The smallest absolute Gasteiger partial charge is 0.339 e. The van der Waals surface area contributed by atoms with Crippen LogP contribution in [0.1, 0.15) is 22.2 Å². The number of carboxylic acid groups (broad SMARTS) is 1. The van der Waals surface area contributed by atoms with E-state index in [0.29, 0.717) is 4.91 Å². The van der Waals surface area contributed by atoms with E-state index >= 15 is 0 Å². The van der Waals surface area contributed by atoms with E-state index in [1.54, 1.807) is 13.0 Å². The fraction of sp³-hybridized carbons (Fsp3) is 0.111. The van der Waals surface area contributed by atoms with Gasteiger partial charge in [0.1, 0.15) is 21.7 Å². The molecular weight excluding hydrogens is 420 g/mol. The molecular formula is C18H14N2O5S3. The standard InChI is InChI=1S/C18H14N2O5S3/c1-9(15(22)19-10-4-5-12(17(24)25)13(21)7-10)20-16(23)14(28-18(20)26)8-11-3-2-6-27-11/h2-9,21H,1H3,(H,19,22)(H,24,25)/b14-8+/t9-/m1/s1. The van der Waals surface area contributed by atoms with Gasteiger partial charge in [-0.25, -0.2) is 4.79 Å². The molecule has 7 nitrogen and oxygen atoms in total. The number of aromatic carboxylic acids is 1. The number of nitrogens with zero attached hydrogens (tertiary/aromatic N) is 1. The molecule has 0 unspecified atom stereocenters. The highest BCUT2D eigenvalue weighted by molar-refractivity contribution is 8.26. The van der Waals surface area contributed by atoms with Gasteiger partial charge in [-0.3, -0.25) is 14.5 Å². The van der Waals surface area contributed by atoms with Gasteiger partial charge in [0.25, 0.3) is 5.91 Å². The highest BCUT2D eigenvalue weighted by atomic mass is 32.2. The number of anilines is 1. The van der Waals surface area contributed by atoms with Gasteiger partial charge in [-0.05, 0) is 36.6 Å². The fourth-order valence-electron chi connectivity index (χ4n) is 2.47. The lowest BCUT2D eigenvalue weighted by atomic mass is 10.1.